The number of carbonyl (C=O) groups excluding carboxylic acids is 1. The van der Waals surface area contributed by atoms with E-state index in [0.29, 0.717) is 12.1 Å². The number of ketones is 1. The fraction of sp³-hybridized carbons (Fsp3) is 0.364. The van der Waals surface area contributed by atoms with Crippen LogP contribution in [0.2, 0.25) is 0 Å². The van der Waals surface area contributed by atoms with Gasteiger partial charge in [0.25, 0.3) is 0 Å². The van der Waals surface area contributed by atoms with Crippen molar-refractivity contribution in [3.63, 3.8) is 0 Å². The first kappa shape index (κ1) is 13.6. The Hall–Kier alpha value is -1.43. The van der Waals surface area contributed by atoms with Gasteiger partial charge in [0.15, 0.2) is 5.78 Å². The Kier molecular flexibility index (Phi) is 3.87. The molecule has 1 atom stereocenters. The molecule has 1 aromatic carbocycles. The fourth-order valence-corrected chi connectivity index (χ4v) is 1.29. The highest BCUT2D eigenvalue weighted by Gasteiger charge is 2.34. The highest BCUT2D eigenvalue weighted by atomic mass is 19.4. The molecule has 0 radical (unpaired) electrons. The molecule has 1 rings (SSSR count). The predicted molar refractivity (Wildman–Crippen MR) is 54.0 cm³/mol. The van der Waals surface area contributed by atoms with Crippen molar-refractivity contribution in [2.24, 2.45) is 11.7 Å². The molecule has 2 N–H and O–H groups in total. The van der Waals surface area contributed by atoms with Crippen LogP contribution in [0.5, 0.6) is 0 Å². The van der Waals surface area contributed by atoms with E-state index >= 15 is 0 Å². The predicted octanol–water partition coefficient (Wildman–Crippen LogP) is 2.62. The summed E-state index contributed by atoms with van der Waals surface area (Å²) in [7, 11) is 0. The lowest BCUT2D eigenvalue weighted by Gasteiger charge is -2.11. The zero-order valence-corrected chi connectivity index (χ0v) is 9.01. The SMILES string of the molecule is CC(CN)C(=O)c1ccc(F)c(C(F)(F)F)c1. The van der Waals surface area contributed by atoms with Crippen LogP contribution >= 0.6 is 0 Å². The van der Waals surface area contributed by atoms with Gasteiger partial charge in [0.05, 0.1) is 5.56 Å². The number of hydrogen-bond acceptors (Lipinski definition) is 2. The molecule has 0 bridgehead atoms. The second kappa shape index (κ2) is 4.83. The van der Waals surface area contributed by atoms with E-state index in [1.165, 1.54) is 6.92 Å². The van der Waals surface area contributed by atoms with E-state index in [1.807, 2.05) is 0 Å². The molecule has 0 heterocycles. The van der Waals surface area contributed by atoms with E-state index in [0.717, 1.165) is 6.07 Å². The summed E-state index contributed by atoms with van der Waals surface area (Å²) in [5, 5.41) is 0. The van der Waals surface area contributed by atoms with Crippen LogP contribution in [0.3, 0.4) is 0 Å². The number of nitrogens with two attached hydrogens (primary N) is 1. The number of rotatable bonds is 3. The summed E-state index contributed by atoms with van der Waals surface area (Å²) in [5.41, 5.74) is 3.63. The van der Waals surface area contributed by atoms with Crippen molar-refractivity contribution in [1.29, 1.82) is 0 Å². The smallest absolute Gasteiger partial charge is 0.330 e. The Bertz CT molecular complexity index is 428. The van der Waals surface area contributed by atoms with E-state index in [9.17, 15) is 22.4 Å². The number of hydrogen-bond donors (Lipinski definition) is 1. The van der Waals surface area contributed by atoms with E-state index in [2.05, 4.69) is 0 Å². The zero-order chi connectivity index (χ0) is 13.2. The molecule has 0 fully saturated rings. The van der Waals surface area contributed by atoms with Crippen molar-refractivity contribution in [2.45, 2.75) is 13.1 Å². The van der Waals surface area contributed by atoms with Crippen molar-refractivity contribution in [2.75, 3.05) is 6.54 Å². The first-order valence-corrected chi connectivity index (χ1v) is 4.88. The van der Waals surface area contributed by atoms with Gasteiger partial charge >= 0.3 is 6.18 Å². The highest BCUT2D eigenvalue weighted by Crippen LogP contribution is 2.32. The van der Waals surface area contributed by atoms with Crippen LogP contribution in [0.15, 0.2) is 18.2 Å². The van der Waals surface area contributed by atoms with E-state index in [-0.39, 0.29) is 12.1 Å². The lowest BCUT2D eigenvalue weighted by molar-refractivity contribution is -0.140. The summed E-state index contributed by atoms with van der Waals surface area (Å²) >= 11 is 0. The van der Waals surface area contributed by atoms with Crippen LogP contribution in [0, 0.1) is 11.7 Å². The lowest BCUT2D eigenvalue weighted by atomic mass is 9.97. The third kappa shape index (κ3) is 3.03. The van der Waals surface area contributed by atoms with E-state index < -0.39 is 29.3 Å². The molecule has 0 aliphatic carbocycles. The van der Waals surface area contributed by atoms with Gasteiger partial charge in [0, 0.05) is 18.0 Å². The van der Waals surface area contributed by atoms with Crippen LogP contribution in [0.4, 0.5) is 17.6 Å². The molecule has 2 nitrogen and oxygen atoms in total. The second-order valence-electron chi connectivity index (χ2n) is 3.69. The number of carbonyl (C=O) groups is 1. The molecule has 0 aliphatic rings. The molecule has 17 heavy (non-hydrogen) atoms. The van der Waals surface area contributed by atoms with Crippen molar-refractivity contribution >= 4 is 5.78 Å². The maximum absolute atomic E-state index is 13.0. The normalized spacial score (nSPS) is 13.5. The Morgan fingerprint density at radius 1 is 1.41 bits per heavy atom. The van der Waals surface area contributed by atoms with Crippen molar-refractivity contribution in [3.05, 3.63) is 35.1 Å². The molecule has 94 valence electrons. The fourth-order valence-electron chi connectivity index (χ4n) is 1.29. The van der Waals surface area contributed by atoms with Gasteiger partial charge in [-0.25, -0.2) is 4.39 Å². The summed E-state index contributed by atoms with van der Waals surface area (Å²) in [6.45, 7) is 1.52. The number of Topliss-reactive ketones (excluding diaryl/α,β-unsaturated/α-hetero) is 1. The van der Waals surface area contributed by atoms with Gasteiger partial charge in [-0.3, -0.25) is 4.79 Å². The van der Waals surface area contributed by atoms with Gasteiger partial charge in [0.2, 0.25) is 0 Å². The van der Waals surface area contributed by atoms with Gasteiger partial charge in [-0.2, -0.15) is 13.2 Å². The summed E-state index contributed by atoms with van der Waals surface area (Å²) < 4.78 is 50.2. The molecule has 0 spiro atoms. The summed E-state index contributed by atoms with van der Waals surface area (Å²) in [6, 6.07) is 2.18. The Morgan fingerprint density at radius 3 is 2.47 bits per heavy atom. The summed E-state index contributed by atoms with van der Waals surface area (Å²) in [5.74, 6) is -2.52. The van der Waals surface area contributed by atoms with Crippen molar-refractivity contribution in [3.8, 4) is 0 Å². The standard InChI is InChI=1S/C11H11F4NO/c1-6(5-16)10(17)7-2-3-9(12)8(4-7)11(13,14)15/h2-4,6H,5,16H2,1H3. The first-order chi connectivity index (χ1) is 7.77. The van der Waals surface area contributed by atoms with Gasteiger partial charge in [0.1, 0.15) is 5.82 Å². The zero-order valence-electron chi connectivity index (χ0n) is 9.01. The molecular weight excluding hydrogens is 238 g/mol. The number of benzene rings is 1. The summed E-state index contributed by atoms with van der Waals surface area (Å²) in [4.78, 5) is 11.6. The lowest BCUT2D eigenvalue weighted by Crippen LogP contribution is -2.21. The Balaban J connectivity index is 3.18. The topological polar surface area (TPSA) is 43.1 Å². The minimum absolute atomic E-state index is 0.0254. The largest absolute Gasteiger partial charge is 0.419 e. The monoisotopic (exact) mass is 249 g/mol. The van der Waals surface area contributed by atoms with Gasteiger partial charge in [-0.15, -0.1) is 0 Å². The highest BCUT2D eigenvalue weighted by molar-refractivity contribution is 5.97. The minimum Gasteiger partial charge on any atom is -0.330 e. The molecule has 6 heteroatoms. The molecule has 1 unspecified atom stereocenters. The van der Waals surface area contributed by atoms with Crippen LogP contribution in [-0.4, -0.2) is 12.3 Å². The number of alkyl halides is 3. The maximum Gasteiger partial charge on any atom is 0.419 e. The molecule has 0 saturated heterocycles. The van der Waals surface area contributed by atoms with Crippen LogP contribution in [0.1, 0.15) is 22.8 Å². The summed E-state index contributed by atoms with van der Waals surface area (Å²) in [6.07, 6.45) is -4.81. The number of halogens is 4. The molecule has 0 saturated carbocycles. The van der Waals surface area contributed by atoms with Crippen LogP contribution in [0.25, 0.3) is 0 Å². The average molecular weight is 249 g/mol. The molecule has 0 amide bonds. The average Bonchev–Trinajstić information content (AvgIpc) is 2.26. The first-order valence-electron chi connectivity index (χ1n) is 4.88. The molecular formula is C11H11F4NO. The van der Waals surface area contributed by atoms with Gasteiger partial charge in [-0.1, -0.05) is 6.92 Å². The van der Waals surface area contributed by atoms with Crippen LogP contribution in [-0.2, 0) is 6.18 Å². The second-order valence-corrected chi connectivity index (χ2v) is 3.69. The van der Waals surface area contributed by atoms with E-state index in [1.54, 1.807) is 0 Å². The minimum atomic E-state index is -4.81. The quantitative estimate of drug-likeness (QED) is 0.661. The van der Waals surface area contributed by atoms with Crippen molar-refractivity contribution in [1.82, 2.24) is 0 Å². The van der Waals surface area contributed by atoms with Crippen LogP contribution < -0.4 is 5.73 Å². The van der Waals surface area contributed by atoms with E-state index in [4.69, 9.17) is 5.73 Å². The third-order valence-electron chi connectivity index (χ3n) is 2.36. The Morgan fingerprint density at radius 2 is 2.00 bits per heavy atom. The van der Waals surface area contributed by atoms with Gasteiger partial charge < -0.3 is 5.73 Å². The Labute approximate surface area is 95.4 Å². The van der Waals surface area contributed by atoms with Gasteiger partial charge in [-0.05, 0) is 18.2 Å². The molecule has 1 aromatic rings. The third-order valence-corrected chi connectivity index (χ3v) is 2.36. The molecule has 0 aliphatic heterocycles. The van der Waals surface area contributed by atoms with Crippen molar-refractivity contribution < 1.29 is 22.4 Å². The molecule has 0 aromatic heterocycles. The maximum atomic E-state index is 13.0.